The number of morpholine rings is 1. The topological polar surface area (TPSA) is 59.3 Å². The van der Waals surface area contributed by atoms with Gasteiger partial charge in [-0.2, -0.15) is 0 Å². The Morgan fingerprint density at radius 1 is 1.44 bits per heavy atom. The summed E-state index contributed by atoms with van der Waals surface area (Å²) in [6.07, 6.45) is 2.79. The van der Waals surface area contributed by atoms with Crippen LogP contribution in [-0.4, -0.2) is 37.3 Å². The van der Waals surface area contributed by atoms with Crippen molar-refractivity contribution in [1.29, 1.82) is 0 Å². The molecule has 1 aliphatic rings. The number of nitrogens with zero attached hydrogens (tertiary/aromatic N) is 1. The van der Waals surface area contributed by atoms with Crippen LogP contribution >= 0.6 is 0 Å². The second kappa shape index (κ2) is 5.37. The molecule has 1 aliphatic heterocycles. The average molecular weight is 247 g/mol. The van der Waals surface area contributed by atoms with Crippen LogP contribution in [0.3, 0.4) is 0 Å². The number of aromatic nitrogens is 1. The van der Waals surface area contributed by atoms with Gasteiger partial charge < -0.3 is 19.8 Å². The maximum absolute atomic E-state index is 5.64. The summed E-state index contributed by atoms with van der Waals surface area (Å²) in [5.74, 6) is 0. The van der Waals surface area contributed by atoms with Crippen molar-refractivity contribution in [3.8, 4) is 0 Å². The normalized spacial score (nSPS) is 20.1. The number of anilines is 1. The fourth-order valence-corrected chi connectivity index (χ4v) is 2.15. The van der Waals surface area contributed by atoms with E-state index in [2.05, 4.69) is 15.6 Å². The zero-order valence-electron chi connectivity index (χ0n) is 10.2. The van der Waals surface area contributed by atoms with Crippen molar-refractivity contribution in [2.45, 2.75) is 12.5 Å². The van der Waals surface area contributed by atoms with Crippen LogP contribution < -0.4 is 10.6 Å². The number of benzene rings is 1. The molecule has 2 N–H and O–H groups in total. The van der Waals surface area contributed by atoms with Gasteiger partial charge in [0.05, 0.1) is 12.7 Å². The Morgan fingerprint density at radius 2 is 2.44 bits per heavy atom. The molecule has 0 spiro atoms. The molecule has 1 fully saturated rings. The van der Waals surface area contributed by atoms with Gasteiger partial charge in [0.2, 0.25) is 0 Å². The van der Waals surface area contributed by atoms with Crippen LogP contribution in [0.15, 0.2) is 29.0 Å². The van der Waals surface area contributed by atoms with Crippen LogP contribution in [0.2, 0.25) is 0 Å². The first-order valence-electron chi connectivity index (χ1n) is 6.31. The summed E-state index contributed by atoms with van der Waals surface area (Å²) in [6.45, 7) is 3.62. The molecule has 0 aliphatic carbocycles. The third-order valence-electron chi connectivity index (χ3n) is 3.13. The molecule has 0 bridgehead atoms. The highest BCUT2D eigenvalue weighted by molar-refractivity contribution is 5.76. The van der Waals surface area contributed by atoms with Gasteiger partial charge in [0.25, 0.3) is 0 Å². The quantitative estimate of drug-likeness (QED) is 0.859. The smallest absolute Gasteiger partial charge is 0.181 e. The molecule has 2 heterocycles. The lowest BCUT2D eigenvalue weighted by Gasteiger charge is -2.23. The molecule has 0 saturated carbocycles. The Morgan fingerprint density at radius 3 is 3.33 bits per heavy atom. The Balaban J connectivity index is 1.52. The van der Waals surface area contributed by atoms with Gasteiger partial charge in [0.1, 0.15) is 5.52 Å². The zero-order valence-corrected chi connectivity index (χ0v) is 10.2. The van der Waals surface area contributed by atoms with Crippen molar-refractivity contribution in [3.63, 3.8) is 0 Å². The van der Waals surface area contributed by atoms with E-state index in [1.807, 2.05) is 18.2 Å². The van der Waals surface area contributed by atoms with Crippen LogP contribution in [0.4, 0.5) is 5.69 Å². The molecule has 96 valence electrons. The van der Waals surface area contributed by atoms with E-state index in [9.17, 15) is 0 Å². The van der Waals surface area contributed by atoms with E-state index in [-0.39, 0.29) is 0 Å². The minimum atomic E-state index is 0.320. The van der Waals surface area contributed by atoms with Crippen molar-refractivity contribution >= 4 is 16.8 Å². The van der Waals surface area contributed by atoms with E-state index in [1.165, 1.54) is 6.39 Å². The van der Waals surface area contributed by atoms with E-state index in [1.54, 1.807) is 0 Å². The lowest BCUT2D eigenvalue weighted by atomic mass is 10.2. The fraction of sp³-hybridized carbons (Fsp3) is 0.462. The van der Waals surface area contributed by atoms with E-state index in [0.29, 0.717) is 6.10 Å². The fourth-order valence-electron chi connectivity index (χ4n) is 2.15. The van der Waals surface area contributed by atoms with Gasteiger partial charge in [0.15, 0.2) is 12.0 Å². The second-order valence-electron chi connectivity index (χ2n) is 4.45. The Kier molecular flexibility index (Phi) is 3.43. The molecule has 1 unspecified atom stereocenters. The third-order valence-corrected chi connectivity index (χ3v) is 3.13. The largest absolute Gasteiger partial charge is 0.443 e. The molecule has 0 amide bonds. The zero-order chi connectivity index (χ0) is 12.2. The van der Waals surface area contributed by atoms with Crippen molar-refractivity contribution in [2.24, 2.45) is 0 Å². The maximum Gasteiger partial charge on any atom is 0.181 e. The molecule has 1 saturated heterocycles. The summed E-state index contributed by atoms with van der Waals surface area (Å²) in [5, 5.41) is 6.71. The van der Waals surface area contributed by atoms with Gasteiger partial charge in [-0.1, -0.05) is 0 Å². The standard InChI is InChI=1S/C13H17N3O2/c1-2-12-13(18-9-16-12)7-10(1)15-4-3-11-8-14-5-6-17-11/h1-2,7,9,11,14-15H,3-6,8H2. The van der Waals surface area contributed by atoms with Crippen molar-refractivity contribution in [3.05, 3.63) is 24.6 Å². The molecule has 5 nitrogen and oxygen atoms in total. The van der Waals surface area contributed by atoms with Crippen molar-refractivity contribution in [1.82, 2.24) is 10.3 Å². The summed E-state index contributed by atoms with van der Waals surface area (Å²) < 4.78 is 10.9. The van der Waals surface area contributed by atoms with Crippen molar-refractivity contribution in [2.75, 3.05) is 31.6 Å². The van der Waals surface area contributed by atoms with Crippen LogP contribution in [0.25, 0.3) is 11.1 Å². The number of fused-ring (bicyclic) bond motifs is 1. The predicted molar refractivity (Wildman–Crippen MR) is 69.7 cm³/mol. The van der Waals surface area contributed by atoms with Crippen molar-refractivity contribution < 1.29 is 9.15 Å². The lowest BCUT2D eigenvalue weighted by Crippen LogP contribution is -2.39. The molecule has 1 atom stereocenters. The first-order chi connectivity index (χ1) is 8.92. The molecule has 3 rings (SSSR count). The maximum atomic E-state index is 5.64. The summed E-state index contributed by atoms with van der Waals surface area (Å²) >= 11 is 0. The molecular formula is C13H17N3O2. The van der Waals surface area contributed by atoms with Crippen LogP contribution in [-0.2, 0) is 4.74 Å². The van der Waals surface area contributed by atoms with Crippen LogP contribution in [0.1, 0.15) is 6.42 Å². The van der Waals surface area contributed by atoms with Gasteiger partial charge in [-0.05, 0) is 18.6 Å². The van der Waals surface area contributed by atoms with Gasteiger partial charge >= 0.3 is 0 Å². The van der Waals surface area contributed by atoms with Gasteiger partial charge in [0, 0.05) is 31.4 Å². The average Bonchev–Trinajstić information content (AvgIpc) is 2.87. The molecule has 1 aromatic carbocycles. The summed E-state index contributed by atoms with van der Waals surface area (Å²) in [4.78, 5) is 4.09. The predicted octanol–water partition coefficient (Wildman–Crippen LogP) is 1.62. The van der Waals surface area contributed by atoms with E-state index in [4.69, 9.17) is 9.15 Å². The molecule has 2 aromatic rings. The van der Waals surface area contributed by atoms with Gasteiger partial charge in [-0.25, -0.2) is 4.98 Å². The summed E-state index contributed by atoms with van der Waals surface area (Å²) in [6, 6.07) is 5.95. The minimum Gasteiger partial charge on any atom is -0.443 e. The molecule has 5 heteroatoms. The number of hydrogen-bond donors (Lipinski definition) is 2. The van der Waals surface area contributed by atoms with Crippen LogP contribution in [0.5, 0.6) is 0 Å². The van der Waals surface area contributed by atoms with E-state index >= 15 is 0 Å². The first kappa shape index (κ1) is 11.5. The Bertz CT molecular complexity index is 506. The minimum absolute atomic E-state index is 0.320. The monoisotopic (exact) mass is 247 g/mol. The van der Waals surface area contributed by atoms with Crippen LogP contribution in [0, 0.1) is 0 Å². The van der Waals surface area contributed by atoms with Gasteiger partial charge in [-0.3, -0.25) is 0 Å². The van der Waals surface area contributed by atoms with E-state index in [0.717, 1.165) is 49.4 Å². The SMILES string of the molecule is c1nc2ccc(NCCC3CNCCO3)cc2o1. The number of nitrogens with one attached hydrogen (secondary N) is 2. The Hall–Kier alpha value is -1.59. The summed E-state index contributed by atoms with van der Waals surface area (Å²) in [5.41, 5.74) is 2.76. The number of ether oxygens (including phenoxy) is 1. The second-order valence-corrected chi connectivity index (χ2v) is 4.45. The number of hydrogen-bond acceptors (Lipinski definition) is 5. The molecular weight excluding hydrogens is 230 g/mol. The first-order valence-corrected chi connectivity index (χ1v) is 6.31. The third kappa shape index (κ3) is 2.63. The highest BCUT2D eigenvalue weighted by Crippen LogP contribution is 2.17. The lowest BCUT2D eigenvalue weighted by molar-refractivity contribution is 0.0258. The highest BCUT2D eigenvalue weighted by atomic mass is 16.5. The number of rotatable bonds is 4. The van der Waals surface area contributed by atoms with E-state index < -0.39 is 0 Å². The highest BCUT2D eigenvalue weighted by Gasteiger charge is 2.12. The van der Waals surface area contributed by atoms with Gasteiger partial charge in [-0.15, -0.1) is 0 Å². The summed E-state index contributed by atoms with van der Waals surface area (Å²) in [7, 11) is 0. The molecule has 0 radical (unpaired) electrons. The number of oxazole rings is 1. The molecule has 18 heavy (non-hydrogen) atoms. The Labute approximate surface area is 106 Å². The molecule has 1 aromatic heterocycles.